The molecule has 1 atom stereocenters. The van der Waals surface area contributed by atoms with Crippen molar-refractivity contribution in [3.05, 3.63) is 33.7 Å². The maximum absolute atomic E-state index is 11.3. The zero-order valence-electron chi connectivity index (χ0n) is 8.99. The number of hydrogen-bond acceptors (Lipinski definition) is 3. The summed E-state index contributed by atoms with van der Waals surface area (Å²) in [5, 5.41) is 0. The van der Waals surface area contributed by atoms with Gasteiger partial charge in [0.25, 0.3) is 5.56 Å². The number of pyridine rings is 1. The molecular formula is C11H17N3O. The van der Waals surface area contributed by atoms with Crippen LogP contribution in [0.2, 0.25) is 0 Å². The van der Waals surface area contributed by atoms with Gasteiger partial charge in [-0.25, -0.2) is 0 Å². The number of likely N-dealkylation sites (N-methyl/N-ethyl adjacent to an activating group) is 1. The largest absolute Gasteiger partial charge is 0.329 e. The van der Waals surface area contributed by atoms with E-state index in [4.69, 9.17) is 5.73 Å². The van der Waals surface area contributed by atoms with Gasteiger partial charge in [0.05, 0.1) is 0 Å². The number of hydrogen-bond donors (Lipinski definition) is 2. The number of H-pyrrole nitrogens is 1. The second kappa shape index (κ2) is 4.16. The third-order valence-electron chi connectivity index (χ3n) is 3.09. The third-order valence-corrected chi connectivity index (χ3v) is 3.09. The van der Waals surface area contributed by atoms with Crippen LogP contribution in [0.4, 0.5) is 0 Å². The molecule has 0 spiro atoms. The molecule has 1 aliphatic rings. The molecule has 3 N–H and O–H groups in total. The highest BCUT2D eigenvalue weighted by Gasteiger charge is 2.21. The summed E-state index contributed by atoms with van der Waals surface area (Å²) in [6, 6.07) is 1.95. The third kappa shape index (κ3) is 2.11. The monoisotopic (exact) mass is 207 g/mol. The van der Waals surface area contributed by atoms with Crippen molar-refractivity contribution >= 4 is 0 Å². The van der Waals surface area contributed by atoms with Crippen LogP contribution in [-0.2, 0) is 6.54 Å². The Morgan fingerprint density at radius 2 is 2.47 bits per heavy atom. The van der Waals surface area contributed by atoms with E-state index in [0.29, 0.717) is 18.0 Å². The number of nitrogens with one attached hydrogen (secondary N) is 1. The van der Waals surface area contributed by atoms with E-state index < -0.39 is 0 Å². The smallest absolute Gasteiger partial charge is 0.252 e. The van der Waals surface area contributed by atoms with Gasteiger partial charge in [0.2, 0.25) is 0 Å². The van der Waals surface area contributed by atoms with Gasteiger partial charge in [0.1, 0.15) is 0 Å². The van der Waals surface area contributed by atoms with Gasteiger partial charge in [-0.3, -0.25) is 4.79 Å². The van der Waals surface area contributed by atoms with Crippen LogP contribution in [-0.4, -0.2) is 30.0 Å². The minimum Gasteiger partial charge on any atom is -0.329 e. The highest BCUT2D eigenvalue weighted by molar-refractivity contribution is 5.23. The average molecular weight is 207 g/mol. The van der Waals surface area contributed by atoms with Crippen LogP contribution in [0.25, 0.3) is 0 Å². The molecule has 0 saturated carbocycles. The van der Waals surface area contributed by atoms with Gasteiger partial charge in [-0.05, 0) is 37.6 Å². The molecule has 1 aliphatic heterocycles. The Balaban J connectivity index is 2.25. The molecule has 15 heavy (non-hydrogen) atoms. The Morgan fingerprint density at radius 1 is 1.67 bits per heavy atom. The minimum atomic E-state index is -0.0624. The second-order valence-electron chi connectivity index (χ2n) is 4.24. The van der Waals surface area contributed by atoms with Crippen LogP contribution in [0.3, 0.4) is 0 Å². The van der Waals surface area contributed by atoms with Gasteiger partial charge < -0.3 is 15.6 Å². The van der Waals surface area contributed by atoms with Crippen molar-refractivity contribution in [2.75, 3.05) is 20.1 Å². The lowest BCUT2D eigenvalue weighted by molar-refractivity contribution is 0.411. The molecule has 1 unspecified atom stereocenters. The zero-order valence-corrected chi connectivity index (χ0v) is 8.99. The summed E-state index contributed by atoms with van der Waals surface area (Å²) in [5.41, 5.74) is 7.34. The van der Waals surface area contributed by atoms with E-state index in [-0.39, 0.29) is 5.56 Å². The first-order valence-corrected chi connectivity index (χ1v) is 5.31. The lowest BCUT2D eigenvalue weighted by atomic mass is 9.99. The van der Waals surface area contributed by atoms with Crippen molar-refractivity contribution in [1.82, 2.24) is 9.88 Å². The molecule has 0 radical (unpaired) electrons. The molecule has 1 aromatic rings. The zero-order chi connectivity index (χ0) is 10.8. The molecule has 0 aromatic carbocycles. The Bertz CT molecular complexity index is 399. The van der Waals surface area contributed by atoms with Crippen molar-refractivity contribution < 1.29 is 0 Å². The van der Waals surface area contributed by atoms with E-state index >= 15 is 0 Å². The van der Waals surface area contributed by atoms with Crippen molar-refractivity contribution in [3.63, 3.8) is 0 Å². The van der Waals surface area contributed by atoms with Crippen molar-refractivity contribution in [3.8, 4) is 0 Å². The number of rotatable bonds is 2. The van der Waals surface area contributed by atoms with Gasteiger partial charge >= 0.3 is 0 Å². The first-order chi connectivity index (χ1) is 7.20. The summed E-state index contributed by atoms with van der Waals surface area (Å²) in [5.74, 6) is 0.539. The number of aromatic nitrogens is 1. The highest BCUT2D eigenvalue weighted by atomic mass is 16.1. The quantitative estimate of drug-likeness (QED) is 0.731. The predicted octanol–water partition coefficient (Wildman–Crippen LogP) is 0.253. The van der Waals surface area contributed by atoms with Crippen molar-refractivity contribution in [1.29, 1.82) is 0 Å². The van der Waals surface area contributed by atoms with Crippen LogP contribution < -0.4 is 11.3 Å². The molecular weight excluding hydrogens is 190 g/mol. The maximum Gasteiger partial charge on any atom is 0.252 e. The molecule has 1 aromatic heterocycles. The minimum absolute atomic E-state index is 0.0624. The fourth-order valence-electron chi connectivity index (χ4n) is 2.14. The SMILES string of the molecule is CN1CCC(c2c[nH]c(=O)c(CN)c2)C1. The lowest BCUT2D eigenvalue weighted by Crippen LogP contribution is -2.18. The molecule has 4 heteroatoms. The Morgan fingerprint density at radius 3 is 3.07 bits per heavy atom. The van der Waals surface area contributed by atoms with E-state index in [1.165, 1.54) is 5.56 Å². The normalized spacial score (nSPS) is 22.1. The van der Waals surface area contributed by atoms with Crippen LogP contribution in [0.1, 0.15) is 23.5 Å². The summed E-state index contributed by atoms with van der Waals surface area (Å²) in [6.45, 7) is 2.50. The van der Waals surface area contributed by atoms with Gasteiger partial charge in [0, 0.05) is 24.8 Å². The van der Waals surface area contributed by atoms with E-state index in [1.54, 1.807) is 0 Å². The number of likely N-dealkylation sites (tertiary alicyclic amines) is 1. The molecule has 0 aliphatic carbocycles. The Hall–Kier alpha value is -1.13. The van der Waals surface area contributed by atoms with Crippen LogP contribution in [0.5, 0.6) is 0 Å². The van der Waals surface area contributed by atoms with Crippen molar-refractivity contribution in [2.45, 2.75) is 18.9 Å². The van der Waals surface area contributed by atoms with Crippen LogP contribution >= 0.6 is 0 Å². The van der Waals surface area contributed by atoms with Crippen LogP contribution in [0.15, 0.2) is 17.1 Å². The standard InChI is InChI=1S/C11H17N3O/c1-14-3-2-8(7-14)10-4-9(5-12)11(15)13-6-10/h4,6,8H,2-3,5,7,12H2,1H3,(H,13,15). The van der Waals surface area contributed by atoms with E-state index in [1.807, 2.05) is 12.3 Å². The Kier molecular flexibility index (Phi) is 2.88. The average Bonchev–Trinajstić information content (AvgIpc) is 2.66. The topological polar surface area (TPSA) is 62.1 Å². The van der Waals surface area contributed by atoms with Gasteiger partial charge in [-0.1, -0.05) is 0 Å². The number of nitrogens with two attached hydrogens (primary N) is 1. The van der Waals surface area contributed by atoms with Gasteiger partial charge in [-0.15, -0.1) is 0 Å². The number of nitrogens with zero attached hydrogens (tertiary/aromatic N) is 1. The van der Waals surface area contributed by atoms with E-state index in [2.05, 4.69) is 16.9 Å². The first kappa shape index (κ1) is 10.4. The van der Waals surface area contributed by atoms with Crippen LogP contribution in [0, 0.1) is 0 Å². The number of aromatic amines is 1. The molecule has 0 amide bonds. The summed E-state index contributed by atoms with van der Waals surface area (Å²) < 4.78 is 0. The lowest BCUT2D eigenvalue weighted by Gasteiger charge is -2.11. The summed E-state index contributed by atoms with van der Waals surface area (Å²) in [4.78, 5) is 16.4. The molecule has 2 rings (SSSR count). The molecule has 0 bridgehead atoms. The van der Waals surface area contributed by atoms with Crippen molar-refractivity contribution in [2.24, 2.45) is 5.73 Å². The molecule has 1 saturated heterocycles. The summed E-state index contributed by atoms with van der Waals surface area (Å²) in [6.07, 6.45) is 2.98. The van der Waals surface area contributed by atoms with Gasteiger partial charge in [0.15, 0.2) is 0 Å². The summed E-state index contributed by atoms with van der Waals surface area (Å²) >= 11 is 0. The fourth-order valence-corrected chi connectivity index (χ4v) is 2.14. The first-order valence-electron chi connectivity index (χ1n) is 5.31. The Labute approximate surface area is 89.1 Å². The fraction of sp³-hybridized carbons (Fsp3) is 0.545. The molecule has 4 nitrogen and oxygen atoms in total. The predicted molar refractivity (Wildman–Crippen MR) is 59.8 cm³/mol. The van der Waals surface area contributed by atoms with E-state index in [0.717, 1.165) is 19.5 Å². The molecule has 2 heterocycles. The van der Waals surface area contributed by atoms with E-state index in [9.17, 15) is 4.79 Å². The highest BCUT2D eigenvalue weighted by Crippen LogP contribution is 2.25. The second-order valence-corrected chi connectivity index (χ2v) is 4.24. The molecule has 82 valence electrons. The summed E-state index contributed by atoms with van der Waals surface area (Å²) in [7, 11) is 2.12. The molecule has 1 fully saturated rings. The maximum atomic E-state index is 11.3. The van der Waals surface area contributed by atoms with Gasteiger partial charge in [-0.2, -0.15) is 0 Å².